The lowest BCUT2D eigenvalue weighted by Crippen LogP contribution is -2.27. The first-order chi connectivity index (χ1) is 14.1. The van der Waals surface area contributed by atoms with Crippen molar-refractivity contribution >= 4 is 23.1 Å². The zero-order chi connectivity index (χ0) is 20.2. The Hall–Kier alpha value is -3.87. The molecule has 0 amide bonds. The summed E-state index contributed by atoms with van der Waals surface area (Å²) in [5.41, 5.74) is 2.71. The molecule has 1 aliphatic heterocycles. The van der Waals surface area contributed by atoms with E-state index in [1.807, 2.05) is 84.8 Å². The van der Waals surface area contributed by atoms with Crippen LogP contribution in [0.25, 0.3) is 11.3 Å². The molecule has 0 saturated heterocycles. The molecule has 0 aliphatic carbocycles. The van der Waals surface area contributed by atoms with Crippen LogP contribution in [0.3, 0.4) is 0 Å². The lowest BCUT2D eigenvalue weighted by molar-refractivity contribution is 0.987. The first kappa shape index (κ1) is 18.5. The lowest BCUT2D eigenvalue weighted by atomic mass is 10.2. The van der Waals surface area contributed by atoms with Gasteiger partial charge in [0, 0.05) is 38.6 Å². The number of hydrogen-bond donors (Lipinski definition) is 2. The topological polar surface area (TPSA) is 69.2 Å². The number of nitrogens with one attached hydrogen (secondary N) is 2. The zero-order valence-corrected chi connectivity index (χ0v) is 16.5. The van der Waals surface area contributed by atoms with E-state index >= 15 is 0 Å². The highest BCUT2D eigenvalue weighted by Gasteiger charge is 2.18. The van der Waals surface area contributed by atoms with E-state index in [0.29, 0.717) is 12.4 Å². The minimum absolute atomic E-state index is 0.632. The summed E-state index contributed by atoms with van der Waals surface area (Å²) in [5, 5.41) is 6.55. The molecule has 0 spiro atoms. The summed E-state index contributed by atoms with van der Waals surface area (Å²) in [6.45, 7) is 4.83. The van der Waals surface area contributed by atoms with E-state index in [4.69, 9.17) is 4.98 Å². The maximum absolute atomic E-state index is 4.91. The first-order valence-corrected chi connectivity index (χ1v) is 9.32. The summed E-state index contributed by atoms with van der Waals surface area (Å²) in [5.74, 6) is 3.13. The van der Waals surface area contributed by atoms with Gasteiger partial charge in [-0.25, -0.2) is 15.0 Å². The van der Waals surface area contributed by atoms with Gasteiger partial charge < -0.3 is 20.4 Å². The Bertz CT molecular complexity index is 1030. The molecule has 0 atom stereocenters. The van der Waals surface area contributed by atoms with Crippen molar-refractivity contribution in [3.8, 4) is 11.3 Å². The van der Waals surface area contributed by atoms with Crippen molar-refractivity contribution in [3.63, 3.8) is 0 Å². The van der Waals surface area contributed by atoms with Crippen molar-refractivity contribution in [1.82, 2.24) is 15.0 Å². The van der Waals surface area contributed by atoms with Crippen LogP contribution in [0.15, 0.2) is 79.5 Å². The molecular formula is C22H23N7. The minimum atomic E-state index is 0.632. The second-order valence-electron chi connectivity index (χ2n) is 6.81. The van der Waals surface area contributed by atoms with Gasteiger partial charge in [0.25, 0.3) is 0 Å². The van der Waals surface area contributed by atoms with Crippen molar-refractivity contribution in [1.29, 1.82) is 0 Å². The second-order valence-corrected chi connectivity index (χ2v) is 6.81. The quantitative estimate of drug-likeness (QED) is 0.689. The van der Waals surface area contributed by atoms with Gasteiger partial charge in [-0.15, -0.1) is 0 Å². The van der Waals surface area contributed by atoms with Gasteiger partial charge >= 0.3 is 0 Å². The van der Waals surface area contributed by atoms with Gasteiger partial charge in [-0.2, -0.15) is 0 Å². The van der Waals surface area contributed by atoms with Crippen LogP contribution in [0.1, 0.15) is 0 Å². The molecule has 4 heterocycles. The highest BCUT2D eigenvalue weighted by molar-refractivity contribution is 5.75. The van der Waals surface area contributed by atoms with E-state index in [-0.39, 0.29) is 0 Å². The van der Waals surface area contributed by atoms with Crippen molar-refractivity contribution in [2.75, 3.05) is 41.1 Å². The Labute approximate surface area is 170 Å². The molecule has 1 aliphatic rings. The van der Waals surface area contributed by atoms with Gasteiger partial charge in [0.15, 0.2) is 5.82 Å². The molecular weight excluding hydrogens is 362 g/mol. The molecule has 0 bridgehead atoms. The van der Waals surface area contributed by atoms with Crippen LogP contribution in [0.2, 0.25) is 0 Å². The molecule has 4 rings (SSSR count). The number of pyridine rings is 3. The zero-order valence-electron chi connectivity index (χ0n) is 16.5. The van der Waals surface area contributed by atoms with Crippen LogP contribution in [0.4, 0.5) is 23.1 Å². The number of nitrogens with zero attached hydrogens (tertiary/aromatic N) is 5. The summed E-state index contributed by atoms with van der Waals surface area (Å²) >= 11 is 0. The molecule has 2 N–H and O–H groups in total. The van der Waals surface area contributed by atoms with Crippen LogP contribution in [0, 0.1) is 0 Å². The van der Waals surface area contributed by atoms with E-state index in [1.165, 1.54) is 0 Å². The molecule has 7 nitrogen and oxygen atoms in total. The monoisotopic (exact) mass is 385 g/mol. The van der Waals surface area contributed by atoms with E-state index in [1.54, 1.807) is 6.20 Å². The van der Waals surface area contributed by atoms with Gasteiger partial charge in [-0.1, -0.05) is 12.6 Å². The number of fused-ring (bicyclic) bond motifs is 1. The molecule has 0 aromatic carbocycles. The Morgan fingerprint density at radius 3 is 2.76 bits per heavy atom. The first-order valence-electron chi connectivity index (χ1n) is 9.32. The Morgan fingerprint density at radius 2 is 2.03 bits per heavy atom. The number of hydrogen-bond acceptors (Lipinski definition) is 7. The van der Waals surface area contributed by atoms with Gasteiger partial charge in [0.2, 0.25) is 0 Å². The molecule has 0 unspecified atom stereocenters. The second kappa shape index (κ2) is 8.02. The Balaban J connectivity index is 1.66. The predicted octanol–water partition coefficient (Wildman–Crippen LogP) is 3.93. The highest BCUT2D eigenvalue weighted by Crippen LogP contribution is 2.31. The highest BCUT2D eigenvalue weighted by atomic mass is 15.3. The van der Waals surface area contributed by atoms with E-state index in [9.17, 15) is 0 Å². The minimum Gasteiger partial charge on any atom is -0.363 e. The smallest absolute Gasteiger partial charge is 0.158 e. The molecule has 3 aromatic heterocycles. The van der Waals surface area contributed by atoms with Gasteiger partial charge in [-0.3, -0.25) is 0 Å². The van der Waals surface area contributed by atoms with Crippen LogP contribution in [0.5, 0.6) is 0 Å². The maximum atomic E-state index is 4.91. The Morgan fingerprint density at radius 1 is 1.14 bits per heavy atom. The van der Waals surface area contributed by atoms with Crippen LogP contribution in [-0.2, 0) is 0 Å². The van der Waals surface area contributed by atoms with Crippen LogP contribution in [-0.4, -0.2) is 35.6 Å². The van der Waals surface area contributed by atoms with Gasteiger partial charge in [-0.05, 0) is 48.7 Å². The fourth-order valence-corrected chi connectivity index (χ4v) is 3.01. The average Bonchev–Trinajstić information content (AvgIpc) is 2.96. The summed E-state index contributed by atoms with van der Waals surface area (Å²) < 4.78 is 0. The lowest BCUT2D eigenvalue weighted by Gasteiger charge is -2.26. The summed E-state index contributed by atoms with van der Waals surface area (Å²) in [6.07, 6.45) is 7.54. The molecule has 146 valence electrons. The van der Waals surface area contributed by atoms with E-state index < -0.39 is 0 Å². The predicted molar refractivity (Wildman–Crippen MR) is 119 cm³/mol. The fourth-order valence-electron chi connectivity index (χ4n) is 3.01. The maximum Gasteiger partial charge on any atom is 0.158 e. The summed E-state index contributed by atoms with van der Waals surface area (Å²) in [4.78, 5) is 17.7. The third kappa shape index (κ3) is 4.03. The van der Waals surface area contributed by atoms with Crippen molar-refractivity contribution < 1.29 is 0 Å². The summed E-state index contributed by atoms with van der Waals surface area (Å²) in [6, 6.07) is 13.7. The number of rotatable bonds is 5. The van der Waals surface area contributed by atoms with Gasteiger partial charge in [0.1, 0.15) is 17.5 Å². The molecule has 7 heteroatoms. The fraction of sp³-hybridized carbons (Fsp3) is 0.136. The van der Waals surface area contributed by atoms with Gasteiger partial charge in [0.05, 0.1) is 11.4 Å². The largest absolute Gasteiger partial charge is 0.363 e. The van der Waals surface area contributed by atoms with Crippen molar-refractivity contribution in [3.05, 3.63) is 79.5 Å². The molecule has 3 aromatic rings. The number of anilines is 4. The molecule has 0 radical (unpaired) electrons. The third-order valence-corrected chi connectivity index (χ3v) is 4.54. The van der Waals surface area contributed by atoms with Crippen LogP contribution < -0.4 is 20.4 Å². The number of aromatic nitrogens is 3. The SMILES string of the molecule is C=C(Nc1ccccn1)N1CC=CNc2ccc(-c3ccc(N(C)C)nc3)nc21. The standard InChI is InChI=1S/C22H23N7/c1-16(26-20-7-4-5-12-24-20)29-14-6-13-23-19-10-9-18(27-22(19)29)17-8-11-21(25-15-17)28(2)3/h4-13,15,23H,1,14H2,2-3H3,(H,24,26). The normalized spacial score (nSPS) is 12.6. The summed E-state index contributed by atoms with van der Waals surface area (Å²) in [7, 11) is 3.94. The van der Waals surface area contributed by atoms with E-state index in [0.717, 1.165) is 34.4 Å². The van der Waals surface area contributed by atoms with E-state index in [2.05, 4.69) is 27.2 Å². The van der Waals surface area contributed by atoms with Crippen molar-refractivity contribution in [2.45, 2.75) is 0 Å². The Kier molecular flexibility index (Phi) is 5.11. The average molecular weight is 385 g/mol. The van der Waals surface area contributed by atoms with Crippen molar-refractivity contribution in [2.24, 2.45) is 0 Å². The molecule has 0 fully saturated rings. The molecule has 29 heavy (non-hydrogen) atoms. The third-order valence-electron chi connectivity index (χ3n) is 4.54. The molecule has 0 saturated carbocycles. The van der Waals surface area contributed by atoms with Crippen LogP contribution >= 0.6 is 0 Å².